The van der Waals surface area contributed by atoms with Crippen LogP contribution in [0.2, 0.25) is 0 Å². The van der Waals surface area contributed by atoms with E-state index >= 15 is 0 Å². The van der Waals surface area contributed by atoms with Crippen LogP contribution in [0.3, 0.4) is 0 Å². The number of halogens is 1. The number of nitrogens with zero attached hydrogens (tertiary/aromatic N) is 2. The van der Waals surface area contributed by atoms with Crippen LogP contribution < -0.4 is 28.9 Å². The van der Waals surface area contributed by atoms with Gasteiger partial charge in [-0.05, 0) is 51.5 Å². The summed E-state index contributed by atoms with van der Waals surface area (Å²) in [7, 11) is 4.33. The summed E-state index contributed by atoms with van der Waals surface area (Å²) in [5, 5.41) is 0. The van der Waals surface area contributed by atoms with Gasteiger partial charge in [0, 0.05) is 41.6 Å². The molecule has 2 aliphatic heterocycles. The molecule has 0 atom stereocenters. The fourth-order valence-corrected chi connectivity index (χ4v) is 5.39. The van der Waals surface area contributed by atoms with Crippen LogP contribution in [-0.4, -0.2) is 24.4 Å². The number of benzene rings is 2. The highest BCUT2D eigenvalue weighted by Crippen LogP contribution is 2.47. The molecule has 0 spiro atoms. The van der Waals surface area contributed by atoms with Gasteiger partial charge in [-0.15, -0.1) is 0 Å². The molecule has 2 aromatic rings. The molecule has 0 amide bonds. The molecule has 0 saturated heterocycles. The van der Waals surface area contributed by atoms with Crippen LogP contribution in [0.25, 0.3) is 0 Å². The molecule has 0 radical (unpaired) electrons. The average Bonchev–Trinajstić information content (AvgIpc) is 3.06. The maximum absolute atomic E-state index is 2.32. The third-order valence-electron chi connectivity index (χ3n) is 7.33. The Morgan fingerprint density at radius 2 is 1.35 bits per heavy atom. The van der Waals surface area contributed by atoms with E-state index < -0.39 is 0 Å². The highest BCUT2D eigenvalue weighted by Gasteiger charge is 2.42. The summed E-state index contributed by atoms with van der Waals surface area (Å²) in [6, 6.07) is 13.5. The first-order valence-corrected chi connectivity index (χ1v) is 11.8. The molecule has 0 unspecified atom stereocenters. The Morgan fingerprint density at radius 1 is 0.765 bits per heavy atom. The van der Waals surface area contributed by atoms with Crippen molar-refractivity contribution in [3.05, 3.63) is 107 Å². The lowest BCUT2D eigenvalue weighted by Crippen LogP contribution is -3.00. The molecule has 2 aliphatic rings. The van der Waals surface area contributed by atoms with Gasteiger partial charge in [0.05, 0.1) is 5.41 Å². The summed E-state index contributed by atoms with van der Waals surface area (Å²) >= 11 is 0. The Hall–Kier alpha value is -2.40. The summed E-state index contributed by atoms with van der Waals surface area (Å²) in [5.74, 6) is 0. The SMILES string of the molecule is Cc1ccc2c(c1)C(C)(C)C(=CC=CC=CC=CC1=[N+](C)c3ccc(C)cc3C1(C)C)N2C.[I-]. The van der Waals surface area contributed by atoms with Gasteiger partial charge in [-0.25, -0.2) is 0 Å². The Labute approximate surface area is 223 Å². The number of rotatable bonds is 4. The van der Waals surface area contributed by atoms with E-state index in [2.05, 4.69) is 144 Å². The van der Waals surface area contributed by atoms with Crippen LogP contribution in [0.1, 0.15) is 49.9 Å². The van der Waals surface area contributed by atoms with Crippen molar-refractivity contribution in [2.24, 2.45) is 0 Å². The standard InChI is InChI=1S/C31H37N2.HI/c1-22-16-18-26-24(20-22)30(3,4)28(32(26)7)14-12-10-9-11-13-15-29-31(5,6)25-21-23(2)17-19-27(25)33(29)8;/h9-21H,1-8H3;1H/q+1;/p-1. The van der Waals surface area contributed by atoms with Crippen LogP contribution in [0.15, 0.2) is 84.6 Å². The maximum atomic E-state index is 2.32. The lowest BCUT2D eigenvalue weighted by atomic mass is 9.81. The zero-order valence-corrected chi connectivity index (χ0v) is 23.9. The van der Waals surface area contributed by atoms with E-state index in [1.54, 1.807) is 0 Å². The molecular formula is C31H37IN2. The van der Waals surface area contributed by atoms with Crippen molar-refractivity contribution < 1.29 is 28.6 Å². The van der Waals surface area contributed by atoms with E-state index in [1.807, 2.05) is 0 Å². The lowest BCUT2D eigenvalue weighted by molar-refractivity contribution is -0.401. The Morgan fingerprint density at radius 3 is 2.06 bits per heavy atom. The second-order valence-electron chi connectivity index (χ2n) is 10.5. The number of hydrogen-bond acceptors (Lipinski definition) is 1. The molecule has 178 valence electrons. The number of fused-ring (bicyclic) bond motifs is 2. The predicted molar refractivity (Wildman–Crippen MR) is 143 cm³/mol. The minimum absolute atomic E-state index is 0. The number of likely N-dealkylation sites (N-methyl/N-ethyl adjacent to an activating group) is 1. The van der Waals surface area contributed by atoms with Gasteiger partial charge in [0.1, 0.15) is 7.05 Å². The minimum atomic E-state index is 0. The highest BCUT2D eigenvalue weighted by molar-refractivity contribution is 6.03. The zero-order chi connectivity index (χ0) is 24.0. The van der Waals surface area contributed by atoms with Gasteiger partial charge in [-0.3, -0.25) is 0 Å². The van der Waals surface area contributed by atoms with E-state index in [4.69, 9.17) is 0 Å². The fourth-order valence-electron chi connectivity index (χ4n) is 5.39. The molecule has 34 heavy (non-hydrogen) atoms. The second kappa shape index (κ2) is 9.69. The van der Waals surface area contributed by atoms with Crippen LogP contribution >= 0.6 is 0 Å². The van der Waals surface area contributed by atoms with Crippen molar-refractivity contribution in [1.29, 1.82) is 0 Å². The summed E-state index contributed by atoms with van der Waals surface area (Å²) in [6.45, 7) is 13.6. The number of anilines is 1. The summed E-state index contributed by atoms with van der Waals surface area (Å²) < 4.78 is 2.32. The second-order valence-corrected chi connectivity index (χ2v) is 10.5. The maximum Gasteiger partial charge on any atom is 0.209 e. The zero-order valence-electron chi connectivity index (χ0n) is 21.8. The highest BCUT2D eigenvalue weighted by atomic mass is 127. The summed E-state index contributed by atoms with van der Waals surface area (Å²) in [5.41, 5.74) is 10.7. The van der Waals surface area contributed by atoms with Crippen molar-refractivity contribution >= 4 is 17.1 Å². The lowest BCUT2D eigenvalue weighted by Gasteiger charge is -2.23. The number of allylic oxidation sites excluding steroid dienone is 8. The van der Waals surface area contributed by atoms with Gasteiger partial charge in [0.2, 0.25) is 5.69 Å². The Kier molecular flexibility index (Phi) is 7.47. The monoisotopic (exact) mass is 564 g/mol. The van der Waals surface area contributed by atoms with Crippen molar-refractivity contribution in [2.45, 2.75) is 52.4 Å². The first kappa shape index (κ1) is 26.2. The van der Waals surface area contributed by atoms with Gasteiger partial charge >= 0.3 is 0 Å². The van der Waals surface area contributed by atoms with Gasteiger partial charge in [-0.2, -0.15) is 4.58 Å². The van der Waals surface area contributed by atoms with Gasteiger partial charge < -0.3 is 28.9 Å². The fraction of sp³-hybridized carbons (Fsp3) is 0.323. The Bertz CT molecular complexity index is 1250. The quantitative estimate of drug-likeness (QED) is 0.305. The molecular weight excluding hydrogens is 527 g/mol. The molecule has 2 heterocycles. The number of hydrogen-bond donors (Lipinski definition) is 0. The van der Waals surface area contributed by atoms with E-state index in [0.717, 1.165) is 0 Å². The van der Waals surface area contributed by atoms with E-state index in [1.165, 1.54) is 45.0 Å². The van der Waals surface area contributed by atoms with Crippen molar-refractivity contribution in [2.75, 3.05) is 19.0 Å². The van der Waals surface area contributed by atoms with Crippen LogP contribution in [0.4, 0.5) is 11.4 Å². The van der Waals surface area contributed by atoms with E-state index in [-0.39, 0.29) is 34.8 Å². The topological polar surface area (TPSA) is 6.25 Å². The van der Waals surface area contributed by atoms with Gasteiger partial charge in [0.25, 0.3) is 0 Å². The molecule has 0 fully saturated rings. The smallest absolute Gasteiger partial charge is 0.209 e. The van der Waals surface area contributed by atoms with Gasteiger partial charge in [0.15, 0.2) is 5.71 Å². The third-order valence-corrected chi connectivity index (χ3v) is 7.33. The van der Waals surface area contributed by atoms with Crippen LogP contribution in [0.5, 0.6) is 0 Å². The summed E-state index contributed by atoms with van der Waals surface area (Å²) in [6.07, 6.45) is 15.1. The van der Waals surface area contributed by atoms with E-state index in [9.17, 15) is 0 Å². The first-order valence-electron chi connectivity index (χ1n) is 11.8. The van der Waals surface area contributed by atoms with E-state index in [0.29, 0.717) is 0 Å². The van der Waals surface area contributed by atoms with Crippen molar-refractivity contribution in [1.82, 2.24) is 0 Å². The Balaban J connectivity index is 0.00000324. The molecule has 0 aliphatic carbocycles. The normalized spacial score (nSPS) is 19.5. The molecule has 0 aromatic heterocycles. The molecule has 3 heteroatoms. The first-order chi connectivity index (χ1) is 15.5. The molecule has 0 bridgehead atoms. The molecule has 0 saturated carbocycles. The molecule has 0 N–H and O–H groups in total. The number of aryl methyl sites for hydroxylation is 2. The average molecular weight is 565 g/mol. The van der Waals surface area contributed by atoms with Gasteiger partial charge in [-0.1, -0.05) is 73.6 Å². The third kappa shape index (κ3) is 4.47. The van der Waals surface area contributed by atoms with Crippen LogP contribution in [-0.2, 0) is 10.8 Å². The van der Waals surface area contributed by atoms with Crippen molar-refractivity contribution in [3.63, 3.8) is 0 Å². The van der Waals surface area contributed by atoms with Crippen molar-refractivity contribution in [3.8, 4) is 0 Å². The molecule has 2 aromatic carbocycles. The molecule has 4 rings (SSSR count). The van der Waals surface area contributed by atoms with Crippen LogP contribution in [0, 0.1) is 13.8 Å². The summed E-state index contributed by atoms with van der Waals surface area (Å²) in [4.78, 5) is 2.32. The largest absolute Gasteiger partial charge is 1.00 e. The minimum Gasteiger partial charge on any atom is -1.00 e. The molecule has 2 nitrogen and oxygen atoms in total. The predicted octanol–water partition coefficient (Wildman–Crippen LogP) is 4.29.